The van der Waals surface area contributed by atoms with Crippen molar-refractivity contribution < 1.29 is 4.74 Å². The fourth-order valence-electron chi connectivity index (χ4n) is 2.96. The van der Waals surface area contributed by atoms with E-state index in [0.717, 1.165) is 43.0 Å². The van der Waals surface area contributed by atoms with Crippen LogP contribution < -0.4 is 4.74 Å². The van der Waals surface area contributed by atoms with E-state index in [1.165, 1.54) is 11.3 Å². The topological polar surface area (TPSA) is 52.3 Å². The lowest BCUT2D eigenvalue weighted by atomic mass is 10.2. The smallest absolute Gasteiger partial charge is 0.213 e. The number of halogens is 2. The lowest BCUT2D eigenvalue weighted by Crippen LogP contribution is -2.00. The molecule has 0 amide bonds. The summed E-state index contributed by atoms with van der Waals surface area (Å²) >= 11 is 11.2. The number of hydrogen-bond donors (Lipinski definition) is 0. The summed E-state index contributed by atoms with van der Waals surface area (Å²) in [5.74, 6) is 1.36. The predicted molar refractivity (Wildman–Crippen MR) is 107 cm³/mol. The quantitative estimate of drug-likeness (QED) is 0.358. The third kappa shape index (κ3) is 2.31. The van der Waals surface area contributed by atoms with Crippen molar-refractivity contribution in [1.29, 1.82) is 0 Å². The second-order valence-corrected chi connectivity index (χ2v) is 7.76. The number of ether oxygens (including phenoxy) is 1. The zero-order valence-corrected chi connectivity index (χ0v) is 16.6. The summed E-state index contributed by atoms with van der Waals surface area (Å²) in [6.07, 6.45) is 0. The van der Waals surface area contributed by atoms with Gasteiger partial charge in [0, 0.05) is 21.4 Å². The second-order valence-electron chi connectivity index (χ2n) is 5.69. The molecule has 0 spiro atoms. The minimum Gasteiger partial charge on any atom is -0.496 e. The monoisotopic (exact) mass is 444 g/mol. The highest BCUT2D eigenvalue weighted by Gasteiger charge is 2.22. The van der Waals surface area contributed by atoms with Crippen molar-refractivity contribution in [3.05, 3.63) is 51.3 Å². The number of nitrogens with zero attached hydrogens (tertiary/aromatic N) is 4. The van der Waals surface area contributed by atoms with Crippen molar-refractivity contribution in [2.24, 2.45) is 0 Å². The van der Waals surface area contributed by atoms with Crippen molar-refractivity contribution in [3.8, 4) is 28.5 Å². The fraction of sp³-hybridized carbons (Fsp3) is 0.0556. The fourth-order valence-corrected chi connectivity index (χ4v) is 4.60. The highest BCUT2D eigenvalue weighted by Crippen LogP contribution is 2.39. The van der Waals surface area contributed by atoms with E-state index in [2.05, 4.69) is 20.9 Å². The molecule has 26 heavy (non-hydrogen) atoms. The molecule has 2 aliphatic heterocycles. The summed E-state index contributed by atoms with van der Waals surface area (Å²) in [5, 5.41) is 8.48. The Hall–Kier alpha value is -2.22. The van der Waals surface area contributed by atoms with Crippen LogP contribution in [-0.4, -0.2) is 26.7 Å². The summed E-state index contributed by atoms with van der Waals surface area (Å²) in [5.41, 5.74) is 3.56. The first-order valence-corrected chi connectivity index (χ1v) is 9.77. The Morgan fingerprint density at radius 1 is 1.12 bits per heavy atom. The molecule has 0 atom stereocenters. The first-order valence-electron chi connectivity index (χ1n) is 7.72. The molecule has 0 unspecified atom stereocenters. The van der Waals surface area contributed by atoms with Crippen molar-refractivity contribution in [1.82, 2.24) is 19.6 Å². The van der Waals surface area contributed by atoms with Gasteiger partial charge < -0.3 is 4.74 Å². The van der Waals surface area contributed by atoms with E-state index in [1.807, 2.05) is 46.3 Å². The molecule has 8 heteroatoms. The Labute approximate surface area is 165 Å². The molecule has 2 aliphatic rings. The summed E-state index contributed by atoms with van der Waals surface area (Å²) in [6.45, 7) is 0. The molecule has 0 N–H and O–H groups in total. The molecule has 5 rings (SSSR count). The predicted octanol–water partition coefficient (Wildman–Crippen LogP) is 5.54. The first-order chi connectivity index (χ1) is 12.7. The minimum absolute atomic E-state index is 0.624. The van der Waals surface area contributed by atoms with E-state index >= 15 is 0 Å². The Morgan fingerprint density at radius 2 is 1.92 bits per heavy atom. The van der Waals surface area contributed by atoms with E-state index < -0.39 is 0 Å². The Balaban J connectivity index is 1.83. The van der Waals surface area contributed by atoms with E-state index in [4.69, 9.17) is 26.4 Å². The minimum atomic E-state index is 0.624. The van der Waals surface area contributed by atoms with Crippen LogP contribution in [0.2, 0.25) is 5.02 Å². The van der Waals surface area contributed by atoms with Gasteiger partial charge in [0.15, 0.2) is 5.82 Å². The number of fused-ring (bicyclic) bond motifs is 4. The number of aromatic nitrogens is 4. The average Bonchev–Trinajstić information content (AvgIpc) is 3.21. The van der Waals surface area contributed by atoms with Crippen LogP contribution in [0.5, 0.6) is 5.75 Å². The van der Waals surface area contributed by atoms with Crippen LogP contribution in [0.3, 0.4) is 0 Å². The van der Waals surface area contributed by atoms with Crippen molar-refractivity contribution in [3.63, 3.8) is 0 Å². The molecule has 3 aromatic rings. The van der Waals surface area contributed by atoms with Gasteiger partial charge >= 0.3 is 0 Å². The van der Waals surface area contributed by atoms with Crippen molar-refractivity contribution >= 4 is 54.7 Å². The largest absolute Gasteiger partial charge is 0.496 e. The average molecular weight is 446 g/mol. The van der Waals surface area contributed by atoms with Crippen LogP contribution in [0.25, 0.3) is 38.6 Å². The van der Waals surface area contributed by atoms with Gasteiger partial charge in [0.25, 0.3) is 0 Å². The summed E-state index contributed by atoms with van der Waals surface area (Å²) < 4.78 is 8.09. The van der Waals surface area contributed by atoms with Gasteiger partial charge in [-0.2, -0.15) is 10.1 Å². The van der Waals surface area contributed by atoms with Crippen LogP contribution in [0.1, 0.15) is 0 Å². The van der Waals surface area contributed by atoms with Crippen LogP contribution in [0, 0.1) is 0 Å². The van der Waals surface area contributed by atoms with Gasteiger partial charge in [-0.25, -0.2) is 9.50 Å². The summed E-state index contributed by atoms with van der Waals surface area (Å²) in [7, 11) is 1.64. The maximum atomic E-state index is 6.01. The molecule has 2 aromatic carbocycles. The van der Waals surface area contributed by atoms with E-state index in [1.54, 1.807) is 7.11 Å². The molecule has 128 valence electrons. The second kappa shape index (κ2) is 5.90. The van der Waals surface area contributed by atoms with E-state index in [-0.39, 0.29) is 0 Å². The number of hydrogen-bond acceptors (Lipinski definition) is 5. The molecule has 5 nitrogen and oxygen atoms in total. The zero-order valence-electron chi connectivity index (χ0n) is 13.4. The third-order valence-corrected chi connectivity index (χ3v) is 6.06. The zero-order chi connectivity index (χ0) is 17.8. The molecule has 0 saturated heterocycles. The number of methoxy groups -OCH3 is 1. The van der Waals surface area contributed by atoms with Crippen LogP contribution in [0.4, 0.5) is 0 Å². The normalized spacial score (nSPS) is 11.7. The lowest BCUT2D eigenvalue weighted by molar-refractivity contribution is 0.413. The highest BCUT2D eigenvalue weighted by atomic mass is 79.9. The molecule has 0 fully saturated rings. The molecule has 0 aliphatic carbocycles. The SMILES string of the molecule is COc1ccc2nc3nc4scc(-c5ccc(Cl)cc5)n4nc-3c2c1Br. The maximum Gasteiger partial charge on any atom is 0.213 e. The molecule has 3 heterocycles. The van der Waals surface area contributed by atoms with Gasteiger partial charge in [0.05, 0.1) is 22.8 Å². The number of thiazole rings is 1. The van der Waals surface area contributed by atoms with Gasteiger partial charge in [0.2, 0.25) is 4.96 Å². The molecule has 0 bridgehead atoms. The summed E-state index contributed by atoms with van der Waals surface area (Å²) in [4.78, 5) is 10.1. The Bertz CT molecular complexity index is 1250. The molecule has 0 radical (unpaired) electrons. The lowest BCUT2D eigenvalue weighted by Gasteiger charge is -2.06. The molecule has 0 saturated carbocycles. The van der Waals surface area contributed by atoms with Crippen LogP contribution in [0.15, 0.2) is 46.3 Å². The van der Waals surface area contributed by atoms with Crippen molar-refractivity contribution in [2.45, 2.75) is 0 Å². The van der Waals surface area contributed by atoms with E-state index in [9.17, 15) is 0 Å². The van der Waals surface area contributed by atoms with Gasteiger partial charge in [-0.15, -0.1) is 11.3 Å². The van der Waals surface area contributed by atoms with Crippen molar-refractivity contribution in [2.75, 3.05) is 7.11 Å². The van der Waals surface area contributed by atoms with Crippen LogP contribution in [-0.2, 0) is 0 Å². The third-order valence-electron chi connectivity index (χ3n) is 4.21. The standard InChI is InChI=1S/C18H10BrClN4OS/c1-25-13-7-6-11-14(15(13)19)16-17(21-11)22-18-24(23-16)12(8-26-18)9-2-4-10(20)5-3-9/h2-8H,1H3. The first kappa shape index (κ1) is 16.0. The highest BCUT2D eigenvalue weighted by molar-refractivity contribution is 9.10. The number of benzene rings is 2. The van der Waals surface area contributed by atoms with Gasteiger partial charge in [-0.3, -0.25) is 0 Å². The number of rotatable bonds is 2. The van der Waals surface area contributed by atoms with Crippen LogP contribution >= 0.6 is 38.9 Å². The van der Waals surface area contributed by atoms with Gasteiger partial charge in [0.1, 0.15) is 11.4 Å². The van der Waals surface area contributed by atoms with Gasteiger partial charge in [-0.1, -0.05) is 23.7 Å². The van der Waals surface area contributed by atoms with E-state index in [0.29, 0.717) is 10.8 Å². The van der Waals surface area contributed by atoms with Gasteiger partial charge in [-0.05, 0) is 40.2 Å². The maximum absolute atomic E-state index is 6.01. The Kier molecular flexibility index (Phi) is 3.63. The molecular formula is C18H10BrClN4OS. The molecular weight excluding hydrogens is 436 g/mol. The molecule has 1 aromatic heterocycles. The summed E-state index contributed by atoms with van der Waals surface area (Å²) in [6, 6.07) is 11.5. The Morgan fingerprint density at radius 3 is 2.69 bits per heavy atom.